The van der Waals surface area contributed by atoms with Gasteiger partial charge in [0.05, 0.1) is 0 Å². The van der Waals surface area contributed by atoms with Crippen molar-refractivity contribution in [2.45, 2.75) is 0 Å². The molecule has 0 bridgehead atoms. The van der Waals surface area contributed by atoms with Crippen molar-refractivity contribution in [3.8, 4) is 0 Å². The van der Waals surface area contributed by atoms with E-state index in [0.29, 0.717) is 0 Å². The monoisotopic (exact) mass is 342 g/mol. The summed E-state index contributed by atoms with van der Waals surface area (Å²) in [7, 11) is 0. The number of hydrogen-bond donors (Lipinski definition) is 0. The Bertz CT molecular complexity index is 9.65. The summed E-state index contributed by atoms with van der Waals surface area (Å²) < 4.78 is 0. The van der Waals surface area contributed by atoms with Crippen molar-refractivity contribution in [3.63, 3.8) is 0 Å². The third-order valence-electron chi connectivity index (χ3n) is 0. The summed E-state index contributed by atoms with van der Waals surface area (Å²) in [6.07, 6.45) is 0. The second-order valence-corrected chi connectivity index (χ2v) is 0. The standard InChI is InChI=1S/C2H4.4FH.Pu/c1-2;;;;;/h1-2H2;4*1H;/p-4. The van der Waals surface area contributed by atoms with Crippen molar-refractivity contribution in [1.82, 2.24) is 0 Å². The molecule has 0 unspecified atom stereocenters. The van der Waals surface area contributed by atoms with E-state index in [1.54, 1.807) is 0 Å². The van der Waals surface area contributed by atoms with Crippen molar-refractivity contribution in [2.75, 3.05) is 0 Å². The molecule has 0 radical (unpaired) electrons. The molecule has 0 aromatic carbocycles. The number of rotatable bonds is 0. The minimum atomic E-state index is 0. The van der Waals surface area contributed by atoms with Gasteiger partial charge in [-0.25, -0.2) is 0 Å². The zero-order chi connectivity index (χ0) is 2.00. The maximum absolute atomic E-state index is 3.00. The van der Waals surface area contributed by atoms with Crippen LogP contribution in [0.4, 0.5) is 0 Å². The average molecular weight is 348 g/mol. The van der Waals surface area contributed by atoms with E-state index in [9.17, 15) is 0 Å². The fourth-order valence-electron chi connectivity index (χ4n) is 0. The molecule has 0 rings (SSSR count). The summed E-state index contributed by atoms with van der Waals surface area (Å²) in [5.74, 6) is 0. The first-order valence-corrected chi connectivity index (χ1v) is 0.500. The minimum Gasteiger partial charge on any atom is -1.00 e. The van der Waals surface area contributed by atoms with Crippen LogP contribution in [-0.4, -0.2) is 0 Å². The van der Waals surface area contributed by atoms with Crippen molar-refractivity contribution in [1.29, 1.82) is 0 Å². The first-order chi connectivity index (χ1) is 1.00. The van der Waals surface area contributed by atoms with E-state index in [0.717, 1.165) is 0 Å². The SMILES string of the molecule is C=C.[F-].[F-].[F-].[F-].[Pu]. The van der Waals surface area contributed by atoms with Gasteiger partial charge in [-0.2, -0.15) is 0 Å². The van der Waals surface area contributed by atoms with Crippen LogP contribution >= 0.6 is 0 Å². The Morgan fingerprint density at radius 1 is 0.571 bits per heavy atom. The fourth-order valence-corrected chi connectivity index (χ4v) is 0. The summed E-state index contributed by atoms with van der Waals surface area (Å²) in [6.45, 7) is 6.00. The quantitative estimate of drug-likeness (QED) is 0.301. The minimum absolute atomic E-state index is 0. The van der Waals surface area contributed by atoms with Crippen LogP contribution in [0.2, 0.25) is 0 Å². The maximum atomic E-state index is 3.00. The summed E-state index contributed by atoms with van der Waals surface area (Å²) in [4.78, 5) is 0. The van der Waals surface area contributed by atoms with Crippen LogP contribution < -0.4 is 18.8 Å². The molecule has 0 aliphatic rings. The predicted octanol–water partition coefficient (Wildman–Crippen LogP) is -11.2. The molecule has 0 fully saturated rings. The van der Waals surface area contributed by atoms with Gasteiger partial charge in [-0.15, -0.1) is 13.2 Å². The Hall–Kier alpha value is 0.447. The molecular formula is C2H4F4Pu-4. The normalized spacial score (nSPS) is 0.571. The van der Waals surface area contributed by atoms with Gasteiger partial charge in [0.2, 0.25) is 0 Å². The third kappa shape index (κ3) is 638. The Labute approximate surface area is 61.4 Å². The molecular weight excluding hydrogens is 344 g/mol. The summed E-state index contributed by atoms with van der Waals surface area (Å²) in [5, 5.41) is 0. The molecule has 0 aromatic rings. The topological polar surface area (TPSA) is 0 Å². The molecule has 0 spiro atoms. The van der Waals surface area contributed by atoms with Crippen LogP contribution in [-0.2, 0) is 0 Å². The van der Waals surface area contributed by atoms with Gasteiger partial charge in [-0.3, -0.25) is 0 Å². The van der Waals surface area contributed by atoms with Gasteiger partial charge in [0.25, 0.3) is 0 Å². The molecule has 7 heavy (non-hydrogen) atoms. The van der Waals surface area contributed by atoms with E-state index in [1.165, 1.54) is 0 Å². The van der Waals surface area contributed by atoms with Crippen molar-refractivity contribution in [3.05, 3.63) is 13.2 Å². The molecule has 0 N–H and O–H groups in total. The van der Waals surface area contributed by atoms with Crippen LogP contribution in [0.25, 0.3) is 0 Å². The van der Waals surface area contributed by atoms with Crippen LogP contribution in [0.3, 0.4) is 0 Å². The maximum Gasteiger partial charge on any atom is 0 e. The molecule has 0 aliphatic heterocycles. The molecule has 0 atom stereocenters. The Morgan fingerprint density at radius 2 is 0.571 bits per heavy atom. The molecule has 0 saturated carbocycles. The largest absolute Gasteiger partial charge is 1.00 e. The molecule has 0 aliphatic carbocycles. The molecule has 0 aromatic heterocycles. The summed E-state index contributed by atoms with van der Waals surface area (Å²) in [5.41, 5.74) is 0. The van der Waals surface area contributed by atoms with Crippen LogP contribution in [0.15, 0.2) is 13.2 Å². The van der Waals surface area contributed by atoms with Gasteiger partial charge in [0.15, 0.2) is 0 Å². The predicted molar refractivity (Wildman–Crippen MR) is 11.3 cm³/mol. The molecule has 0 amide bonds. The summed E-state index contributed by atoms with van der Waals surface area (Å²) in [6, 6.07) is 0. The van der Waals surface area contributed by atoms with Crippen molar-refractivity contribution >= 4 is 0 Å². The van der Waals surface area contributed by atoms with Gasteiger partial charge < -0.3 is 18.8 Å². The van der Waals surface area contributed by atoms with Crippen LogP contribution in [0, 0.1) is 29.2 Å². The van der Waals surface area contributed by atoms with Crippen LogP contribution in [0.5, 0.6) is 0 Å². The first-order valence-electron chi connectivity index (χ1n) is 0.500. The zero-order valence-corrected chi connectivity index (χ0v) is 6.73. The second kappa shape index (κ2) is 957. The third-order valence-corrected chi connectivity index (χ3v) is 0. The Balaban J connectivity index is -0.000000000500. The molecule has 0 heterocycles. The van der Waals surface area contributed by atoms with E-state index in [4.69, 9.17) is 0 Å². The number of hydrogen-bond acceptors (Lipinski definition) is 0. The van der Waals surface area contributed by atoms with Gasteiger partial charge in [0, 0.05) is 29.2 Å². The Morgan fingerprint density at radius 3 is 0.571 bits per heavy atom. The van der Waals surface area contributed by atoms with Gasteiger partial charge >= 0.3 is 0 Å². The fraction of sp³-hybridized carbons (Fsp3) is 0. The van der Waals surface area contributed by atoms with Crippen LogP contribution in [0.1, 0.15) is 0 Å². The first kappa shape index (κ1) is 148. The zero-order valence-electron chi connectivity index (χ0n) is 3.33. The average Bonchev–Trinajstić information content (AvgIpc) is 1.00. The van der Waals surface area contributed by atoms with E-state index in [-0.39, 0.29) is 48.0 Å². The van der Waals surface area contributed by atoms with E-state index < -0.39 is 0 Å². The molecule has 50 valence electrons. The van der Waals surface area contributed by atoms with E-state index >= 15 is 0 Å². The second-order valence-electron chi connectivity index (χ2n) is 0. The van der Waals surface area contributed by atoms with Crippen molar-refractivity contribution in [2.24, 2.45) is 0 Å². The van der Waals surface area contributed by atoms with Crippen molar-refractivity contribution < 1.29 is 48.0 Å². The molecule has 5 heteroatoms. The van der Waals surface area contributed by atoms with Gasteiger partial charge in [-0.05, 0) is 0 Å². The molecule has 0 saturated heterocycles. The van der Waals surface area contributed by atoms with E-state index in [1.807, 2.05) is 0 Å². The number of halogens is 4. The molecule has 0 nitrogen and oxygen atoms in total. The van der Waals surface area contributed by atoms with Gasteiger partial charge in [-0.1, -0.05) is 0 Å². The van der Waals surface area contributed by atoms with E-state index in [2.05, 4.69) is 13.2 Å². The van der Waals surface area contributed by atoms with Gasteiger partial charge in [0.1, 0.15) is 0 Å². The summed E-state index contributed by atoms with van der Waals surface area (Å²) >= 11 is 0. The smallest absolute Gasteiger partial charge is 0 e. The Kier molecular flexibility index (Phi) is 20200.